The molecule has 0 aliphatic heterocycles. The van der Waals surface area contributed by atoms with Crippen molar-refractivity contribution >= 4 is 34.6 Å². The van der Waals surface area contributed by atoms with Crippen molar-refractivity contribution in [2.75, 3.05) is 26.9 Å². The quantitative estimate of drug-likeness (QED) is 0.585. The number of nitrogens with zero attached hydrogens (tertiary/aromatic N) is 1. The number of thiazole rings is 1. The number of ether oxygens (including phenoxy) is 2. The van der Waals surface area contributed by atoms with E-state index in [9.17, 15) is 9.59 Å². The van der Waals surface area contributed by atoms with Crippen molar-refractivity contribution < 1.29 is 19.1 Å². The molecule has 0 unspecified atom stereocenters. The molecule has 0 atom stereocenters. The van der Waals surface area contributed by atoms with Gasteiger partial charge in [0, 0.05) is 19.0 Å². The van der Waals surface area contributed by atoms with Crippen LogP contribution in [0.25, 0.3) is 9.88 Å². The number of aromatic nitrogens is 1. The van der Waals surface area contributed by atoms with Crippen LogP contribution in [0.1, 0.15) is 5.69 Å². The molecule has 1 amide bonds. The van der Waals surface area contributed by atoms with Gasteiger partial charge in [-0.2, -0.15) is 0 Å². The number of nitrogens with one attached hydrogen (secondary N) is 1. The molecule has 0 radical (unpaired) electrons. The summed E-state index contributed by atoms with van der Waals surface area (Å²) in [6, 6.07) is 3.94. The second-order valence-corrected chi connectivity index (χ2v) is 6.11. The van der Waals surface area contributed by atoms with E-state index in [1.54, 1.807) is 18.4 Å². The van der Waals surface area contributed by atoms with E-state index in [1.165, 1.54) is 11.3 Å². The lowest BCUT2D eigenvalue weighted by atomic mass is 10.3. The van der Waals surface area contributed by atoms with E-state index in [2.05, 4.69) is 10.3 Å². The van der Waals surface area contributed by atoms with Crippen molar-refractivity contribution in [1.29, 1.82) is 0 Å². The van der Waals surface area contributed by atoms with Gasteiger partial charge in [0.2, 0.25) is 0 Å². The number of amides is 1. The Kier molecular flexibility index (Phi) is 6.50. The molecule has 0 saturated carbocycles. The molecule has 1 N–H and O–H groups in total. The monoisotopic (exact) mass is 340 g/mol. The zero-order valence-corrected chi connectivity index (χ0v) is 13.7. The summed E-state index contributed by atoms with van der Waals surface area (Å²) >= 11 is 3.09. The maximum atomic E-state index is 11.7. The molecular weight excluding hydrogens is 324 g/mol. The van der Waals surface area contributed by atoms with Crippen LogP contribution in [-0.4, -0.2) is 43.7 Å². The molecule has 0 aromatic carbocycles. The minimum absolute atomic E-state index is 0.0627. The highest BCUT2D eigenvalue weighted by molar-refractivity contribution is 7.20. The van der Waals surface area contributed by atoms with Crippen molar-refractivity contribution in [3.63, 3.8) is 0 Å². The Balaban J connectivity index is 1.74. The van der Waals surface area contributed by atoms with Crippen LogP contribution in [0.5, 0.6) is 0 Å². The molecule has 0 aliphatic rings. The first-order valence-electron chi connectivity index (χ1n) is 6.58. The molecule has 8 heteroatoms. The summed E-state index contributed by atoms with van der Waals surface area (Å²) in [6.45, 7) is 0.525. The number of carbonyl (C=O) groups excluding carboxylic acids is 2. The summed E-state index contributed by atoms with van der Waals surface area (Å²) in [7, 11) is 1.55. The van der Waals surface area contributed by atoms with E-state index in [4.69, 9.17) is 9.47 Å². The van der Waals surface area contributed by atoms with Gasteiger partial charge in [-0.3, -0.25) is 9.59 Å². The van der Waals surface area contributed by atoms with Gasteiger partial charge in [-0.25, -0.2) is 4.98 Å². The summed E-state index contributed by atoms with van der Waals surface area (Å²) < 4.78 is 9.71. The number of esters is 1. The molecular formula is C14H16N2O4S2. The molecule has 2 aromatic heterocycles. The molecule has 2 rings (SSSR count). The Labute approximate surface area is 136 Å². The summed E-state index contributed by atoms with van der Waals surface area (Å²) in [5.41, 5.74) is 0.651. The van der Waals surface area contributed by atoms with Crippen molar-refractivity contribution in [3.05, 3.63) is 28.6 Å². The number of hydrogen-bond acceptors (Lipinski definition) is 7. The van der Waals surface area contributed by atoms with Gasteiger partial charge in [-0.1, -0.05) is 6.07 Å². The maximum Gasteiger partial charge on any atom is 0.312 e. The highest BCUT2D eigenvalue weighted by Gasteiger charge is 2.12. The average molecular weight is 340 g/mol. The maximum absolute atomic E-state index is 11.7. The molecule has 0 aliphatic carbocycles. The molecule has 0 spiro atoms. The lowest BCUT2D eigenvalue weighted by Crippen LogP contribution is -2.31. The highest BCUT2D eigenvalue weighted by atomic mass is 32.1. The third-order valence-corrected chi connectivity index (χ3v) is 4.53. The van der Waals surface area contributed by atoms with Gasteiger partial charge in [-0.05, 0) is 11.4 Å². The molecule has 0 fully saturated rings. The van der Waals surface area contributed by atoms with Crippen LogP contribution >= 0.6 is 22.7 Å². The fraction of sp³-hybridized carbons (Fsp3) is 0.357. The summed E-state index contributed by atoms with van der Waals surface area (Å²) in [4.78, 5) is 28.5. The van der Waals surface area contributed by atoms with E-state index >= 15 is 0 Å². The normalized spacial score (nSPS) is 10.4. The Bertz CT molecular complexity index is 610. The van der Waals surface area contributed by atoms with Crippen LogP contribution in [0.2, 0.25) is 0 Å². The summed E-state index contributed by atoms with van der Waals surface area (Å²) in [5, 5.41) is 7.26. The first-order valence-corrected chi connectivity index (χ1v) is 8.34. The second-order valence-electron chi connectivity index (χ2n) is 4.30. The van der Waals surface area contributed by atoms with E-state index in [-0.39, 0.29) is 18.9 Å². The number of hydrogen-bond donors (Lipinski definition) is 1. The highest BCUT2D eigenvalue weighted by Crippen LogP contribution is 2.27. The van der Waals surface area contributed by atoms with Crippen molar-refractivity contribution in [3.8, 4) is 9.88 Å². The van der Waals surface area contributed by atoms with Crippen molar-refractivity contribution in [2.45, 2.75) is 6.42 Å². The van der Waals surface area contributed by atoms with Crippen LogP contribution in [0, 0.1) is 0 Å². The lowest BCUT2D eigenvalue weighted by Gasteiger charge is -2.05. The van der Waals surface area contributed by atoms with E-state index in [0.29, 0.717) is 18.8 Å². The average Bonchev–Trinajstić information content (AvgIpc) is 3.16. The predicted octanol–water partition coefficient (Wildman–Crippen LogP) is 1.72. The van der Waals surface area contributed by atoms with Gasteiger partial charge in [0.1, 0.15) is 5.01 Å². The van der Waals surface area contributed by atoms with Gasteiger partial charge in [-0.15, -0.1) is 22.7 Å². The van der Waals surface area contributed by atoms with Crippen LogP contribution in [-0.2, 0) is 25.5 Å². The van der Waals surface area contributed by atoms with Gasteiger partial charge in [0.05, 0.1) is 23.6 Å². The standard InChI is InChI=1S/C14H16N2O4S2/c1-19-5-4-15-12(17)8-20-13(18)7-10-9-22-14(16-10)11-3-2-6-21-11/h2-3,6,9H,4-5,7-8H2,1H3,(H,15,17). The SMILES string of the molecule is COCCNC(=O)COC(=O)Cc1csc(-c2cccs2)n1. The van der Waals surface area contributed by atoms with Crippen LogP contribution in [0.15, 0.2) is 22.9 Å². The fourth-order valence-corrected chi connectivity index (χ4v) is 3.22. The van der Waals surface area contributed by atoms with Crippen molar-refractivity contribution in [1.82, 2.24) is 10.3 Å². The molecule has 118 valence electrons. The zero-order valence-electron chi connectivity index (χ0n) is 12.0. The largest absolute Gasteiger partial charge is 0.455 e. The van der Waals surface area contributed by atoms with Crippen LogP contribution in [0.4, 0.5) is 0 Å². The number of methoxy groups -OCH3 is 1. The van der Waals surface area contributed by atoms with Crippen molar-refractivity contribution in [2.24, 2.45) is 0 Å². The van der Waals surface area contributed by atoms with E-state index < -0.39 is 5.97 Å². The smallest absolute Gasteiger partial charge is 0.312 e. The summed E-state index contributed by atoms with van der Waals surface area (Å²) in [5.74, 6) is -0.812. The molecule has 0 saturated heterocycles. The molecule has 22 heavy (non-hydrogen) atoms. The minimum Gasteiger partial charge on any atom is -0.455 e. The Morgan fingerprint density at radius 2 is 2.23 bits per heavy atom. The van der Waals surface area contributed by atoms with Gasteiger partial charge >= 0.3 is 5.97 Å². The Morgan fingerprint density at radius 1 is 1.36 bits per heavy atom. The Hall–Kier alpha value is -1.77. The first-order chi connectivity index (χ1) is 10.7. The van der Waals surface area contributed by atoms with E-state index in [0.717, 1.165) is 9.88 Å². The number of carbonyl (C=O) groups is 2. The Morgan fingerprint density at radius 3 is 2.95 bits per heavy atom. The third kappa shape index (κ3) is 5.21. The molecule has 6 nitrogen and oxygen atoms in total. The second kappa shape index (κ2) is 8.62. The van der Waals surface area contributed by atoms with Gasteiger partial charge < -0.3 is 14.8 Å². The minimum atomic E-state index is -0.468. The van der Waals surface area contributed by atoms with E-state index in [1.807, 2.05) is 22.9 Å². The van der Waals surface area contributed by atoms with Gasteiger partial charge in [0.15, 0.2) is 6.61 Å². The van der Waals surface area contributed by atoms with Crippen LogP contribution in [0.3, 0.4) is 0 Å². The van der Waals surface area contributed by atoms with Gasteiger partial charge in [0.25, 0.3) is 5.91 Å². The first kappa shape index (κ1) is 16.6. The van der Waals surface area contributed by atoms with Crippen LogP contribution < -0.4 is 5.32 Å². The number of rotatable bonds is 8. The molecule has 0 bridgehead atoms. The summed E-state index contributed by atoms with van der Waals surface area (Å²) in [6.07, 6.45) is 0.0627. The molecule has 2 heterocycles. The molecule has 2 aromatic rings. The fourth-order valence-electron chi connectivity index (χ4n) is 1.59. The zero-order chi connectivity index (χ0) is 15.8. The third-order valence-electron chi connectivity index (χ3n) is 2.60. The topological polar surface area (TPSA) is 77.5 Å². The number of thiophene rings is 1. The predicted molar refractivity (Wildman–Crippen MR) is 85.0 cm³/mol. The lowest BCUT2D eigenvalue weighted by molar-refractivity contribution is -0.147.